The molecule has 0 aromatic heterocycles. The highest BCUT2D eigenvalue weighted by Crippen LogP contribution is 2.30. The zero-order valence-electron chi connectivity index (χ0n) is 24.1. The first kappa shape index (κ1) is 33.6. The highest BCUT2D eigenvalue weighted by Gasteiger charge is 2.10. The lowest BCUT2D eigenvalue weighted by atomic mass is 10.0. The Morgan fingerprint density at radius 3 is 2.17 bits per heavy atom. The van der Waals surface area contributed by atoms with E-state index in [2.05, 4.69) is 10.1 Å². The van der Waals surface area contributed by atoms with Crippen LogP contribution in [0.2, 0.25) is 5.02 Å². The average Bonchev–Trinajstić information content (AvgIpc) is 3.01. The van der Waals surface area contributed by atoms with Gasteiger partial charge in [-0.25, -0.2) is 4.39 Å². The second kappa shape index (κ2) is 18.0. The fourth-order valence-corrected chi connectivity index (χ4v) is 4.13. The maximum absolute atomic E-state index is 14.0. The van der Waals surface area contributed by atoms with E-state index in [1.165, 1.54) is 24.4 Å². The van der Waals surface area contributed by atoms with Crippen LogP contribution in [0.1, 0.15) is 27.0 Å². The van der Waals surface area contributed by atoms with Crippen molar-refractivity contribution in [3.05, 3.63) is 124 Å². The summed E-state index contributed by atoms with van der Waals surface area (Å²) in [4.78, 5) is 22.4. The summed E-state index contributed by atoms with van der Waals surface area (Å²) < 4.78 is 18.2. The molecule has 0 saturated carbocycles. The van der Waals surface area contributed by atoms with Crippen LogP contribution >= 0.6 is 11.6 Å². The fourth-order valence-electron chi connectivity index (χ4n) is 3.89. The Bertz CT molecular complexity index is 1490. The van der Waals surface area contributed by atoms with E-state index >= 15 is 0 Å². The van der Waals surface area contributed by atoms with Gasteiger partial charge in [0.1, 0.15) is 18.4 Å². The zero-order valence-corrected chi connectivity index (χ0v) is 24.9. The van der Waals surface area contributed by atoms with E-state index in [0.29, 0.717) is 29.1 Å². The van der Waals surface area contributed by atoms with Gasteiger partial charge in [0.2, 0.25) is 0 Å². The first-order valence-electron chi connectivity index (χ1n) is 12.9. The normalized spacial score (nSPS) is 10.0. The van der Waals surface area contributed by atoms with E-state index in [-0.39, 0.29) is 5.82 Å². The number of methoxy groups -OCH3 is 1. The minimum Gasteiger partial charge on any atom is -0.388 e. The second-order valence-electron chi connectivity index (χ2n) is 9.03. The van der Waals surface area contributed by atoms with Crippen LogP contribution in [0, 0.1) is 11.2 Å². The van der Waals surface area contributed by atoms with E-state index in [9.17, 15) is 14.0 Å². The topological polar surface area (TPSA) is 82.5 Å². The van der Waals surface area contributed by atoms with Crippen LogP contribution < -0.4 is 10.2 Å². The van der Waals surface area contributed by atoms with Crippen LogP contribution in [-0.2, 0) is 16.1 Å². The number of carbonyl (C=O) groups excluding carboxylic acids is 2. The zero-order chi connectivity index (χ0) is 30.9. The monoisotopic (exact) mass is 587 g/mol. The number of carbonyl (C=O) groups is 2. The number of hydrogen-bond donors (Lipinski definition) is 2. The fraction of sp³-hybridized carbons (Fsp3) is 0.147. The van der Waals surface area contributed by atoms with Crippen molar-refractivity contribution in [1.29, 1.82) is 5.41 Å². The van der Waals surface area contributed by atoms with Crippen LogP contribution in [0.3, 0.4) is 0 Å². The molecule has 0 amide bonds. The van der Waals surface area contributed by atoms with Gasteiger partial charge in [-0.15, -0.1) is 0 Å². The maximum atomic E-state index is 14.0. The molecule has 0 bridgehead atoms. The van der Waals surface area contributed by atoms with Gasteiger partial charge in [0.15, 0.2) is 0 Å². The molecule has 0 aliphatic heterocycles. The number of nitrogens with one attached hydrogen (secondary N) is 2. The van der Waals surface area contributed by atoms with Crippen LogP contribution in [-0.4, -0.2) is 47.1 Å². The van der Waals surface area contributed by atoms with Gasteiger partial charge >= 0.3 is 0 Å². The van der Waals surface area contributed by atoms with Gasteiger partial charge in [-0.1, -0.05) is 66.2 Å². The Balaban J connectivity index is 0.000000471. The molecular weight excluding hydrogens is 553 g/mol. The molecule has 0 spiro atoms. The summed E-state index contributed by atoms with van der Waals surface area (Å²) in [6.07, 6.45) is 5.71. The predicted molar refractivity (Wildman–Crippen MR) is 173 cm³/mol. The quantitative estimate of drug-likeness (QED) is 0.119. The van der Waals surface area contributed by atoms with Crippen LogP contribution in [0.25, 0.3) is 17.2 Å². The average molecular weight is 588 g/mol. The lowest BCUT2D eigenvalue weighted by Gasteiger charge is -2.21. The molecule has 4 aromatic rings. The first-order chi connectivity index (χ1) is 20.3. The molecular formula is C34H35ClFN3O3. The molecule has 4 aromatic carbocycles. The molecule has 0 fully saturated rings. The van der Waals surface area contributed by atoms with Crippen molar-refractivity contribution >= 4 is 47.8 Å². The van der Waals surface area contributed by atoms with Crippen molar-refractivity contribution in [2.24, 2.45) is 0 Å². The Morgan fingerprint density at radius 2 is 1.60 bits per heavy atom. The highest BCUT2D eigenvalue weighted by atomic mass is 35.5. The Labute approximate surface area is 251 Å². The number of allylic oxidation sites excluding steroid dienone is 1. The van der Waals surface area contributed by atoms with Crippen molar-refractivity contribution in [2.75, 3.05) is 38.5 Å². The molecule has 2 N–H and O–H groups in total. The molecule has 0 saturated heterocycles. The van der Waals surface area contributed by atoms with Crippen LogP contribution in [0.15, 0.2) is 91.0 Å². The number of halogens is 2. The minimum atomic E-state index is -0.372. The van der Waals surface area contributed by atoms with Gasteiger partial charge in [-0.2, -0.15) is 0 Å². The van der Waals surface area contributed by atoms with Gasteiger partial charge in [-0.3, -0.25) is 9.59 Å². The molecule has 0 heterocycles. The van der Waals surface area contributed by atoms with Gasteiger partial charge in [-0.05, 0) is 64.7 Å². The van der Waals surface area contributed by atoms with E-state index in [1.54, 1.807) is 32.4 Å². The molecule has 8 heteroatoms. The third-order valence-electron chi connectivity index (χ3n) is 5.92. The number of rotatable bonds is 9. The van der Waals surface area contributed by atoms with Crippen LogP contribution in [0.5, 0.6) is 0 Å². The van der Waals surface area contributed by atoms with Gasteiger partial charge in [0.25, 0.3) is 0 Å². The van der Waals surface area contributed by atoms with E-state index in [1.807, 2.05) is 79.7 Å². The third-order valence-corrected chi connectivity index (χ3v) is 6.27. The SMILES string of the molecule is CNc1ccc(-c2ccc(CN(C)c3cc(F)cc(/C=C/C=O)c3)c(Cl)c2)cc1C=N.COC.O=Cc1ccccc1. The molecule has 42 heavy (non-hydrogen) atoms. The van der Waals surface area contributed by atoms with E-state index in [0.717, 1.165) is 39.8 Å². The largest absolute Gasteiger partial charge is 0.388 e. The van der Waals surface area contributed by atoms with Crippen molar-refractivity contribution in [2.45, 2.75) is 6.54 Å². The molecule has 0 atom stereocenters. The highest BCUT2D eigenvalue weighted by molar-refractivity contribution is 6.31. The summed E-state index contributed by atoms with van der Waals surface area (Å²) in [6.45, 7) is 0.490. The van der Waals surface area contributed by atoms with E-state index in [4.69, 9.17) is 17.0 Å². The number of hydrogen-bond acceptors (Lipinski definition) is 6. The molecule has 218 valence electrons. The van der Waals surface area contributed by atoms with Gasteiger partial charge in [0.05, 0.1) is 0 Å². The lowest BCUT2D eigenvalue weighted by molar-refractivity contribution is -0.104. The van der Waals surface area contributed by atoms with Gasteiger partial charge in [0, 0.05) is 68.6 Å². The summed E-state index contributed by atoms with van der Waals surface area (Å²) in [6, 6.07) is 25.4. The van der Waals surface area contributed by atoms with Crippen molar-refractivity contribution < 1.29 is 18.7 Å². The smallest absolute Gasteiger partial charge is 0.150 e. The molecule has 0 radical (unpaired) electrons. The molecule has 4 rings (SSSR count). The van der Waals surface area contributed by atoms with Crippen molar-refractivity contribution in [3.8, 4) is 11.1 Å². The Morgan fingerprint density at radius 1 is 0.929 bits per heavy atom. The number of aldehydes is 2. The molecule has 6 nitrogen and oxygen atoms in total. The summed E-state index contributed by atoms with van der Waals surface area (Å²) in [5, 5.41) is 11.3. The Kier molecular flexibility index (Phi) is 14.4. The number of nitrogens with zero attached hydrogens (tertiary/aromatic N) is 1. The summed E-state index contributed by atoms with van der Waals surface area (Å²) >= 11 is 6.57. The summed E-state index contributed by atoms with van der Waals surface area (Å²) in [5.74, 6) is -0.372. The van der Waals surface area contributed by atoms with Crippen LogP contribution in [0.4, 0.5) is 15.8 Å². The van der Waals surface area contributed by atoms with Crippen molar-refractivity contribution in [3.63, 3.8) is 0 Å². The number of ether oxygens (including phenoxy) is 1. The van der Waals surface area contributed by atoms with E-state index < -0.39 is 0 Å². The third kappa shape index (κ3) is 10.4. The van der Waals surface area contributed by atoms with Crippen molar-refractivity contribution in [1.82, 2.24) is 0 Å². The lowest BCUT2D eigenvalue weighted by Crippen LogP contribution is -2.17. The first-order valence-corrected chi connectivity index (χ1v) is 13.3. The Hall–Kier alpha value is -4.59. The molecule has 0 unspecified atom stereocenters. The number of anilines is 2. The summed E-state index contributed by atoms with van der Waals surface area (Å²) in [7, 11) is 6.93. The molecule has 0 aliphatic carbocycles. The maximum Gasteiger partial charge on any atom is 0.150 e. The second-order valence-corrected chi connectivity index (χ2v) is 9.44. The minimum absolute atomic E-state index is 0.372. The summed E-state index contributed by atoms with van der Waals surface area (Å²) in [5.41, 5.74) is 6.54. The number of benzene rings is 4. The standard InChI is InChI=1S/C25H23ClFN3O.C7H6O.C2H6O/c1-29-25-8-7-18(12-21(25)15-28)19-5-6-20(24(26)13-19)16-30(2)23-11-17(4-3-9-31)10-22(27)14-23;8-6-7-4-2-1-3-5-7;1-3-2/h3-15,28-29H,16H2,1-2H3;1-6H;1-2H3/b4-3+,28-15?;;. The molecule has 0 aliphatic rings. The van der Waals surface area contributed by atoms with Gasteiger partial charge < -0.3 is 20.4 Å². The predicted octanol–water partition coefficient (Wildman–Crippen LogP) is 7.80.